The van der Waals surface area contributed by atoms with Crippen LogP contribution < -0.4 is 5.32 Å². The number of aryl methyl sites for hydroxylation is 1. The Hall–Kier alpha value is -2.82. The molecule has 0 fully saturated rings. The molecule has 0 saturated carbocycles. The second kappa shape index (κ2) is 7.69. The highest BCUT2D eigenvalue weighted by Gasteiger charge is 2.06. The van der Waals surface area contributed by atoms with Gasteiger partial charge in [-0.2, -0.15) is 0 Å². The molecule has 2 aromatic rings. The van der Waals surface area contributed by atoms with Crippen molar-refractivity contribution >= 4 is 17.6 Å². The first-order valence-electron chi connectivity index (χ1n) is 6.25. The summed E-state index contributed by atoms with van der Waals surface area (Å²) in [7, 11) is 1.92. The van der Waals surface area contributed by atoms with Gasteiger partial charge in [0.25, 0.3) is 0 Å². The van der Waals surface area contributed by atoms with Crippen LogP contribution in [-0.2, 0) is 0 Å². The minimum atomic E-state index is -1.13. The maximum absolute atomic E-state index is 10.4. The third kappa shape index (κ3) is 5.36. The van der Waals surface area contributed by atoms with Crippen molar-refractivity contribution in [1.82, 2.24) is 0 Å². The summed E-state index contributed by atoms with van der Waals surface area (Å²) >= 11 is 0. The molecule has 0 unspecified atom stereocenters. The monoisotopic (exact) mass is 287 g/mol. The third-order valence-electron chi connectivity index (χ3n) is 2.70. The molecule has 0 amide bonds. The number of carboxylic acids is 2. The fourth-order valence-corrected chi connectivity index (χ4v) is 1.51. The second-order valence-corrected chi connectivity index (χ2v) is 4.31. The Morgan fingerprint density at radius 2 is 1.38 bits per heavy atom. The lowest BCUT2D eigenvalue weighted by molar-refractivity contribution is 0.0696. The maximum Gasteiger partial charge on any atom is 0.335 e. The number of hydrogen-bond donors (Lipinski definition) is 3. The average Bonchev–Trinajstić information content (AvgIpc) is 2.49. The minimum Gasteiger partial charge on any atom is -0.478 e. The number of rotatable bonds is 3. The Balaban J connectivity index is 0.000000219. The molecule has 0 bridgehead atoms. The van der Waals surface area contributed by atoms with E-state index >= 15 is 0 Å². The van der Waals surface area contributed by atoms with Crippen molar-refractivity contribution in [3.05, 3.63) is 65.2 Å². The van der Waals surface area contributed by atoms with Gasteiger partial charge in [-0.15, -0.1) is 0 Å². The SMILES string of the molecule is CNc1ccc(C)cc1.O=C(O)c1cccc(C(=O)O)c1. The largest absolute Gasteiger partial charge is 0.478 e. The van der Waals surface area contributed by atoms with Crippen molar-refractivity contribution in [2.45, 2.75) is 6.92 Å². The van der Waals surface area contributed by atoms with Crippen molar-refractivity contribution in [3.8, 4) is 0 Å². The van der Waals surface area contributed by atoms with Gasteiger partial charge < -0.3 is 15.5 Å². The molecule has 5 nitrogen and oxygen atoms in total. The molecular formula is C16H17NO4. The quantitative estimate of drug-likeness (QED) is 0.807. The summed E-state index contributed by atoms with van der Waals surface area (Å²) in [5.74, 6) is -2.25. The van der Waals surface area contributed by atoms with Crippen molar-refractivity contribution in [2.24, 2.45) is 0 Å². The molecule has 110 valence electrons. The number of aromatic carboxylic acids is 2. The summed E-state index contributed by atoms with van der Waals surface area (Å²) in [6, 6.07) is 13.5. The number of nitrogens with one attached hydrogen (secondary N) is 1. The van der Waals surface area contributed by atoms with E-state index in [1.165, 1.54) is 29.4 Å². The van der Waals surface area contributed by atoms with E-state index in [1.807, 2.05) is 7.05 Å². The molecule has 0 atom stereocenters. The van der Waals surface area contributed by atoms with E-state index < -0.39 is 11.9 Å². The van der Waals surface area contributed by atoms with Crippen LogP contribution >= 0.6 is 0 Å². The van der Waals surface area contributed by atoms with Gasteiger partial charge in [-0.1, -0.05) is 23.8 Å². The maximum atomic E-state index is 10.4. The molecule has 2 rings (SSSR count). The van der Waals surface area contributed by atoms with Crippen molar-refractivity contribution < 1.29 is 19.8 Å². The van der Waals surface area contributed by atoms with E-state index in [-0.39, 0.29) is 11.1 Å². The summed E-state index contributed by atoms with van der Waals surface area (Å²) in [6.45, 7) is 2.08. The van der Waals surface area contributed by atoms with E-state index in [4.69, 9.17) is 10.2 Å². The van der Waals surface area contributed by atoms with E-state index in [1.54, 1.807) is 0 Å². The molecule has 0 aliphatic carbocycles. The van der Waals surface area contributed by atoms with Gasteiger partial charge in [0, 0.05) is 12.7 Å². The molecule has 0 aliphatic rings. The standard InChI is InChI=1S/C8H11N.C8H6O4/c1-7-3-5-8(9-2)6-4-7;9-7(10)5-2-1-3-6(4-5)8(11)12/h3-6,9H,1-2H3;1-4H,(H,9,10)(H,11,12). The zero-order valence-electron chi connectivity index (χ0n) is 11.8. The predicted molar refractivity (Wildman–Crippen MR) is 81.1 cm³/mol. The normalized spacial score (nSPS) is 9.24. The van der Waals surface area contributed by atoms with Crippen molar-refractivity contribution in [1.29, 1.82) is 0 Å². The summed E-state index contributed by atoms with van der Waals surface area (Å²) in [6.07, 6.45) is 0. The van der Waals surface area contributed by atoms with Gasteiger partial charge in [0.15, 0.2) is 0 Å². The first-order chi connectivity index (χ1) is 9.93. The zero-order valence-corrected chi connectivity index (χ0v) is 11.8. The lowest BCUT2D eigenvalue weighted by Crippen LogP contribution is -2.01. The number of anilines is 1. The van der Waals surface area contributed by atoms with Gasteiger partial charge in [0.05, 0.1) is 11.1 Å². The lowest BCUT2D eigenvalue weighted by Gasteiger charge is -1.97. The van der Waals surface area contributed by atoms with Gasteiger partial charge in [-0.25, -0.2) is 9.59 Å². The Bertz CT molecular complexity index is 591. The molecule has 2 aromatic carbocycles. The first-order valence-corrected chi connectivity index (χ1v) is 6.25. The Morgan fingerprint density at radius 3 is 1.76 bits per heavy atom. The third-order valence-corrected chi connectivity index (χ3v) is 2.70. The highest BCUT2D eigenvalue weighted by atomic mass is 16.4. The molecule has 0 heterocycles. The van der Waals surface area contributed by atoms with Crippen LogP contribution in [0.3, 0.4) is 0 Å². The minimum absolute atomic E-state index is 0.0186. The summed E-state index contributed by atoms with van der Waals surface area (Å²) in [5, 5.41) is 20.1. The van der Waals surface area contributed by atoms with E-state index in [0.717, 1.165) is 6.07 Å². The smallest absolute Gasteiger partial charge is 0.335 e. The van der Waals surface area contributed by atoms with Crippen LogP contribution in [-0.4, -0.2) is 29.2 Å². The van der Waals surface area contributed by atoms with Crippen molar-refractivity contribution in [2.75, 3.05) is 12.4 Å². The predicted octanol–water partition coefficient (Wildman–Crippen LogP) is 3.12. The van der Waals surface area contributed by atoms with Crippen LogP contribution in [0.25, 0.3) is 0 Å². The van der Waals surface area contributed by atoms with Crippen molar-refractivity contribution in [3.63, 3.8) is 0 Å². The number of benzene rings is 2. The fraction of sp³-hybridized carbons (Fsp3) is 0.125. The van der Waals surface area contributed by atoms with Crippen LogP contribution in [0.15, 0.2) is 48.5 Å². The number of carboxylic acid groups (broad SMARTS) is 2. The Kier molecular flexibility index (Phi) is 5.95. The van der Waals surface area contributed by atoms with Crippen LogP contribution in [0, 0.1) is 6.92 Å². The zero-order chi connectivity index (χ0) is 15.8. The van der Waals surface area contributed by atoms with Gasteiger partial charge >= 0.3 is 11.9 Å². The summed E-state index contributed by atoms with van der Waals surface area (Å²) < 4.78 is 0. The lowest BCUT2D eigenvalue weighted by atomic mass is 10.1. The first kappa shape index (κ1) is 16.2. The van der Waals surface area contributed by atoms with Gasteiger partial charge in [0.2, 0.25) is 0 Å². The van der Waals surface area contributed by atoms with Crippen LogP contribution in [0.1, 0.15) is 26.3 Å². The second-order valence-electron chi connectivity index (χ2n) is 4.31. The Labute approximate surface area is 122 Å². The van der Waals surface area contributed by atoms with Crippen LogP contribution in [0.2, 0.25) is 0 Å². The molecule has 0 saturated heterocycles. The highest BCUT2D eigenvalue weighted by Crippen LogP contribution is 2.06. The Morgan fingerprint density at radius 1 is 0.905 bits per heavy atom. The van der Waals surface area contributed by atoms with E-state index in [9.17, 15) is 9.59 Å². The summed E-state index contributed by atoms with van der Waals surface area (Å²) in [4.78, 5) is 20.8. The number of hydrogen-bond acceptors (Lipinski definition) is 3. The van der Waals surface area contributed by atoms with E-state index in [0.29, 0.717) is 0 Å². The molecule has 0 radical (unpaired) electrons. The van der Waals surface area contributed by atoms with E-state index in [2.05, 4.69) is 36.5 Å². The topological polar surface area (TPSA) is 86.6 Å². The van der Waals surface area contributed by atoms with Gasteiger partial charge in [0.1, 0.15) is 0 Å². The number of carbonyl (C=O) groups is 2. The molecule has 5 heteroatoms. The summed E-state index contributed by atoms with van der Waals surface area (Å²) in [5.41, 5.74) is 2.43. The fourth-order valence-electron chi connectivity index (χ4n) is 1.51. The van der Waals surface area contributed by atoms with Crippen LogP contribution in [0.4, 0.5) is 5.69 Å². The van der Waals surface area contributed by atoms with Crippen LogP contribution in [0.5, 0.6) is 0 Å². The van der Waals surface area contributed by atoms with Gasteiger partial charge in [-0.05, 0) is 37.3 Å². The molecule has 3 N–H and O–H groups in total. The van der Waals surface area contributed by atoms with Gasteiger partial charge in [-0.3, -0.25) is 0 Å². The molecule has 0 aliphatic heterocycles. The molecule has 21 heavy (non-hydrogen) atoms. The molecule has 0 aromatic heterocycles. The molecular weight excluding hydrogens is 270 g/mol. The highest BCUT2D eigenvalue weighted by molar-refractivity contribution is 5.93. The average molecular weight is 287 g/mol. The molecule has 0 spiro atoms.